The van der Waals surface area contributed by atoms with E-state index in [0.717, 1.165) is 25.9 Å². The lowest BCUT2D eigenvalue weighted by Gasteiger charge is -2.23. The van der Waals surface area contributed by atoms with Crippen LogP contribution in [0.15, 0.2) is 47.6 Å². The van der Waals surface area contributed by atoms with Gasteiger partial charge in [-0.3, -0.25) is 9.58 Å². The van der Waals surface area contributed by atoms with Gasteiger partial charge >= 0.3 is 0 Å². The molecule has 0 spiro atoms. The standard InChI is InChI=1S/C17H23N3O2S/c1-19-14-15(13-18-19)17-9-5-10-20(17)11-6-12-23(21,22)16-7-3-2-4-8-16/h2-4,7-8,13-14,17H,5-6,9-12H2,1H3. The highest BCUT2D eigenvalue weighted by atomic mass is 32.2. The molecule has 6 heteroatoms. The second kappa shape index (κ2) is 6.84. The molecule has 0 saturated carbocycles. The highest BCUT2D eigenvalue weighted by Gasteiger charge is 2.27. The van der Waals surface area contributed by atoms with Crippen molar-refractivity contribution in [1.82, 2.24) is 14.7 Å². The van der Waals surface area contributed by atoms with Crippen LogP contribution in [0, 0.1) is 0 Å². The monoisotopic (exact) mass is 333 g/mol. The van der Waals surface area contributed by atoms with E-state index in [1.165, 1.54) is 5.56 Å². The third-order valence-corrected chi connectivity index (χ3v) is 6.25. The first-order valence-corrected chi connectivity index (χ1v) is 9.72. The Labute approximate surface area is 137 Å². The van der Waals surface area contributed by atoms with Gasteiger partial charge in [0.2, 0.25) is 0 Å². The third-order valence-electron chi connectivity index (χ3n) is 4.43. The van der Waals surface area contributed by atoms with Crippen molar-refractivity contribution >= 4 is 9.84 Å². The van der Waals surface area contributed by atoms with E-state index in [-0.39, 0.29) is 5.75 Å². The average molecular weight is 333 g/mol. The van der Waals surface area contributed by atoms with Crippen molar-refractivity contribution in [2.24, 2.45) is 7.05 Å². The van der Waals surface area contributed by atoms with Gasteiger partial charge in [-0.2, -0.15) is 5.10 Å². The molecule has 3 rings (SSSR count). The molecule has 0 radical (unpaired) electrons. The summed E-state index contributed by atoms with van der Waals surface area (Å²) < 4.78 is 26.5. The van der Waals surface area contributed by atoms with Crippen molar-refractivity contribution in [3.8, 4) is 0 Å². The lowest BCUT2D eigenvalue weighted by molar-refractivity contribution is 0.258. The van der Waals surface area contributed by atoms with Crippen LogP contribution in [-0.2, 0) is 16.9 Å². The zero-order valence-electron chi connectivity index (χ0n) is 13.4. The molecule has 1 aliphatic rings. The second-order valence-corrected chi connectivity index (χ2v) is 8.24. The first kappa shape index (κ1) is 16.2. The Hall–Kier alpha value is -1.66. The Bertz CT molecular complexity index is 740. The number of hydrogen-bond acceptors (Lipinski definition) is 4. The quantitative estimate of drug-likeness (QED) is 0.815. The smallest absolute Gasteiger partial charge is 0.178 e. The normalized spacial score (nSPS) is 19.3. The van der Waals surface area contributed by atoms with E-state index in [1.54, 1.807) is 24.3 Å². The van der Waals surface area contributed by atoms with Crippen molar-refractivity contribution in [2.75, 3.05) is 18.8 Å². The van der Waals surface area contributed by atoms with Crippen LogP contribution in [-0.4, -0.2) is 41.9 Å². The largest absolute Gasteiger partial charge is 0.296 e. The number of rotatable bonds is 6. The van der Waals surface area contributed by atoms with Crippen LogP contribution in [0.1, 0.15) is 30.9 Å². The van der Waals surface area contributed by atoms with Crippen molar-refractivity contribution in [1.29, 1.82) is 0 Å². The van der Waals surface area contributed by atoms with Crippen molar-refractivity contribution in [2.45, 2.75) is 30.2 Å². The van der Waals surface area contributed by atoms with E-state index >= 15 is 0 Å². The Kier molecular flexibility index (Phi) is 4.82. The molecule has 0 aliphatic carbocycles. The molecule has 1 aromatic heterocycles. The summed E-state index contributed by atoms with van der Waals surface area (Å²) in [6, 6.07) is 9.09. The number of nitrogens with zero attached hydrogens (tertiary/aromatic N) is 3. The highest BCUT2D eigenvalue weighted by molar-refractivity contribution is 7.91. The summed E-state index contributed by atoms with van der Waals surface area (Å²) in [5, 5.41) is 4.25. The molecule has 0 amide bonds. The molecule has 2 heterocycles. The molecule has 23 heavy (non-hydrogen) atoms. The number of aromatic nitrogens is 2. The molecule has 1 aliphatic heterocycles. The Morgan fingerprint density at radius 3 is 2.74 bits per heavy atom. The van der Waals surface area contributed by atoms with E-state index < -0.39 is 9.84 Å². The Morgan fingerprint density at radius 2 is 2.04 bits per heavy atom. The molecular weight excluding hydrogens is 310 g/mol. The van der Waals surface area contributed by atoms with E-state index in [1.807, 2.05) is 24.0 Å². The van der Waals surface area contributed by atoms with Gasteiger partial charge in [-0.15, -0.1) is 0 Å². The molecule has 124 valence electrons. The van der Waals surface area contributed by atoms with Crippen LogP contribution < -0.4 is 0 Å². The van der Waals surface area contributed by atoms with Crippen molar-refractivity contribution in [3.63, 3.8) is 0 Å². The summed E-state index contributed by atoms with van der Waals surface area (Å²) in [6.07, 6.45) is 6.92. The van der Waals surface area contributed by atoms with Gasteiger partial charge in [-0.1, -0.05) is 18.2 Å². The molecule has 2 aromatic rings. The number of sulfone groups is 1. The van der Waals surface area contributed by atoms with Gasteiger partial charge in [0.15, 0.2) is 9.84 Å². The van der Waals surface area contributed by atoms with Gasteiger partial charge in [0.05, 0.1) is 16.8 Å². The van der Waals surface area contributed by atoms with E-state index in [0.29, 0.717) is 17.4 Å². The minimum Gasteiger partial charge on any atom is -0.296 e. The zero-order chi connectivity index (χ0) is 16.3. The van der Waals surface area contributed by atoms with Crippen LogP contribution in [0.2, 0.25) is 0 Å². The molecule has 5 nitrogen and oxygen atoms in total. The van der Waals surface area contributed by atoms with Gasteiger partial charge in [0, 0.05) is 24.8 Å². The van der Waals surface area contributed by atoms with Crippen LogP contribution in [0.5, 0.6) is 0 Å². The predicted molar refractivity (Wildman–Crippen MR) is 89.9 cm³/mol. The maximum absolute atomic E-state index is 12.3. The number of benzene rings is 1. The lowest BCUT2D eigenvalue weighted by atomic mass is 10.1. The van der Waals surface area contributed by atoms with Gasteiger partial charge in [-0.05, 0) is 44.5 Å². The molecule has 1 fully saturated rings. The van der Waals surface area contributed by atoms with Crippen molar-refractivity contribution < 1.29 is 8.42 Å². The number of aryl methyl sites for hydroxylation is 1. The van der Waals surface area contributed by atoms with Gasteiger partial charge in [0.1, 0.15) is 0 Å². The summed E-state index contributed by atoms with van der Waals surface area (Å²) >= 11 is 0. The van der Waals surface area contributed by atoms with Crippen LogP contribution >= 0.6 is 0 Å². The lowest BCUT2D eigenvalue weighted by Crippen LogP contribution is -2.25. The fraction of sp³-hybridized carbons (Fsp3) is 0.471. The maximum Gasteiger partial charge on any atom is 0.178 e. The Balaban J connectivity index is 1.58. The van der Waals surface area contributed by atoms with Crippen LogP contribution in [0.25, 0.3) is 0 Å². The van der Waals surface area contributed by atoms with E-state index in [2.05, 4.69) is 16.2 Å². The summed E-state index contributed by atoms with van der Waals surface area (Å²) in [4.78, 5) is 2.81. The first-order chi connectivity index (χ1) is 11.1. The predicted octanol–water partition coefficient (Wildman–Crippen LogP) is 2.42. The van der Waals surface area contributed by atoms with Crippen LogP contribution in [0.3, 0.4) is 0 Å². The Morgan fingerprint density at radius 1 is 1.26 bits per heavy atom. The SMILES string of the molecule is Cn1cc(C2CCCN2CCCS(=O)(=O)c2ccccc2)cn1. The minimum absolute atomic E-state index is 0.202. The fourth-order valence-corrected chi connectivity index (χ4v) is 4.60. The molecular formula is C17H23N3O2S. The van der Waals surface area contributed by atoms with Crippen molar-refractivity contribution in [3.05, 3.63) is 48.3 Å². The fourth-order valence-electron chi connectivity index (χ4n) is 3.29. The van der Waals surface area contributed by atoms with Crippen LogP contribution in [0.4, 0.5) is 0 Å². The molecule has 1 unspecified atom stereocenters. The number of likely N-dealkylation sites (tertiary alicyclic amines) is 1. The van der Waals surface area contributed by atoms with E-state index in [9.17, 15) is 8.42 Å². The maximum atomic E-state index is 12.3. The summed E-state index contributed by atoms with van der Waals surface area (Å²) in [5.74, 6) is 0.202. The van der Waals surface area contributed by atoms with Gasteiger partial charge in [0.25, 0.3) is 0 Å². The summed E-state index contributed by atoms with van der Waals surface area (Å²) in [6.45, 7) is 1.84. The molecule has 1 aromatic carbocycles. The van der Waals surface area contributed by atoms with Gasteiger partial charge < -0.3 is 0 Å². The summed E-state index contributed by atoms with van der Waals surface area (Å²) in [5.41, 5.74) is 1.23. The van der Waals surface area contributed by atoms with E-state index in [4.69, 9.17) is 0 Å². The first-order valence-electron chi connectivity index (χ1n) is 8.07. The molecule has 0 bridgehead atoms. The minimum atomic E-state index is -3.17. The average Bonchev–Trinajstić information content (AvgIpc) is 3.17. The zero-order valence-corrected chi connectivity index (χ0v) is 14.2. The molecule has 1 atom stereocenters. The summed E-state index contributed by atoms with van der Waals surface area (Å²) in [7, 11) is -1.25. The molecule has 0 N–H and O–H groups in total. The van der Waals surface area contributed by atoms with Gasteiger partial charge in [-0.25, -0.2) is 8.42 Å². The second-order valence-electron chi connectivity index (χ2n) is 6.13. The topological polar surface area (TPSA) is 55.2 Å². The molecule has 1 saturated heterocycles. The highest BCUT2D eigenvalue weighted by Crippen LogP contribution is 2.31. The number of hydrogen-bond donors (Lipinski definition) is 0. The third kappa shape index (κ3) is 3.82.